The van der Waals surface area contributed by atoms with Gasteiger partial charge in [0, 0.05) is 32.2 Å². The Kier molecular flexibility index (Phi) is 8.00. The van der Waals surface area contributed by atoms with E-state index in [1.807, 2.05) is 6.92 Å². The Bertz CT molecular complexity index is 1360. The van der Waals surface area contributed by atoms with Gasteiger partial charge >= 0.3 is 0 Å². The third-order valence-electron chi connectivity index (χ3n) is 6.02. The summed E-state index contributed by atoms with van der Waals surface area (Å²) in [6.07, 6.45) is 0.742. The van der Waals surface area contributed by atoms with Crippen molar-refractivity contribution in [2.45, 2.75) is 31.2 Å². The molecule has 2 heterocycles. The van der Waals surface area contributed by atoms with E-state index in [0.717, 1.165) is 0 Å². The molecule has 1 saturated heterocycles. The first-order valence-electron chi connectivity index (χ1n) is 11.4. The number of ether oxygens (including phenoxy) is 2. The number of thiazole rings is 1. The number of aromatic nitrogens is 1. The van der Waals surface area contributed by atoms with Crippen molar-refractivity contribution in [2.24, 2.45) is 10.9 Å². The lowest BCUT2D eigenvalue weighted by molar-refractivity contribution is -0.122. The Balaban J connectivity index is 1.51. The van der Waals surface area contributed by atoms with Crippen molar-refractivity contribution in [1.82, 2.24) is 8.87 Å². The average Bonchev–Trinajstić information content (AvgIpc) is 3.22. The van der Waals surface area contributed by atoms with Crippen molar-refractivity contribution in [2.75, 3.05) is 33.4 Å². The van der Waals surface area contributed by atoms with Gasteiger partial charge in [-0.1, -0.05) is 17.4 Å². The monoisotopic (exact) mass is 521 g/mol. The maximum Gasteiger partial charge on any atom is 0.251 e. The summed E-state index contributed by atoms with van der Waals surface area (Å²) in [5.74, 6) is -0.507. The van der Waals surface area contributed by atoms with E-state index in [9.17, 15) is 17.6 Å². The van der Waals surface area contributed by atoms with Crippen LogP contribution < -0.4 is 9.54 Å². The number of carbonyl (C=O) groups excluding carboxylic acids is 1. The molecule has 0 atom stereocenters. The smallest absolute Gasteiger partial charge is 0.251 e. The molecule has 3 aromatic rings. The molecule has 1 fully saturated rings. The normalized spacial score (nSPS) is 16.1. The molecule has 0 spiro atoms. The van der Waals surface area contributed by atoms with Gasteiger partial charge in [-0.3, -0.25) is 4.79 Å². The number of halogens is 1. The van der Waals surface area contributed by atoms with Crippen LogP contribution in [0.3, 0.4) is 0 Å². The predicted molar refractivity (Wildman–Crippen MR) is 131 cm³/mol. The Labute approximate surface area is 207 Å². The van der Waals surface area contributed by atoms with Gasteiger partial charge in [0.05, 0.1) is 28.8 Å². The van der Waals surface area contributed by atoms with Gasteiger partial charge < -0.3 is 14.0 Å². The molecule has 1 aromatic heterocycles. The lowest BCUT2D eigenvalue weighted by Crippen LogP contribution is -2.40. The Morgan fingerprint density at radius 3 is 2.54 bits per heavy atom. The summed E-state index contributed by atoms with van der Waals surface area (Å²) in [6, 6.07) is 11.1. The molecular formula is C24H28FN3O5S2. The molecule has 0 bridgehead atoms. The summed E-state index contributed by atoms with van der Waals surface area (Å²) in [6.45, 7) is 3.62. The first-order chi connectivity index (χ1) is 16.8. The van der Waals surface area contributed by atoms with Crippen LogP contribution in [0.4, 0.5) is 4.39 Å². The molecule has 0 aliphatic carbocycles. The van der Waals surface area contributed by atoms with Crippen LogP contribution >= 0.6 is 11.3 Å². The summed E-state index contributed by atoms with van der Waals surface area (Å²) >= 11 is 1.26. The standard InChI is InChI=1S/C24H28FN3O5S2/c1-3-33-16-15-28-22-20(25)5-4-6-21(22)34-24(28)26-23(29)17-11-13-27(14-12-17)35(30,31)19-9-7-18(32-2)8-10-19/h4-10,17H,3,11-16H2,1-2H3. The van der Waals surface area contributed by atoms with Crippen molar-refractivity contribution in [3.05, 3.63) is 53.1 Å². The molecule has 35 heavy (non-hydrogen) atoms. The van der Waals surface area contributed by atoms with Gasteiger partial charge in [-0.05, 0) is 56.2 Å². The zero-order valence-electron chi connectivity index (χ0n) is 19.6. The SMILES string of the molecule is CCOCCn1c(=NC(=O)C2CCN(S(=O)(=O)c3ccc(OC)cc3)CC2)sc2cccc(F)c21. The largest absolute Gasteiger partial charge is 0.497 e. The fraction of sp³-hybridized carbons (Fsp3) is 0.417. The molecule has 0 N–H and O–H groups in total. The molecule has 0 saturated carbocycles. The Hall–Kier alpha value is -2.60. The number of hydrogen-bond donors (Lipinski definition) is 0. The third kappa shape index (κ3) is 5.48. The minimum absolute atomic E-state index is 0.190. The second-order valence-corrected chi connectivity index (χ2v) is 11.1. The van der Waals surface area contributed by atoms with Crippen LogP contribution in [0.5, 0.6) is 5.75 Å². The zero-order chi connectivity index (χ0) is 25.0. The number of rotatable bonds is 8. The van der Waals surface area contributed by atoms with Crippen LogP contribution in [-0.4, -0.2) is 56.6 Å². The van der Waals surface area contributed by atoms with Gasteiger partial charge in [0.2, 0.25) is 10.0 Å². The van der Waals surface area contributed by atoms with Crippen LogP contribution in [-0.2, 0) is 26.1 Å². The Morgan fingerprint density at radius 2 is 1.89 bits per heavy atom. The lowest BCUT2D eigenvalue weighted by atomic mass is 9.98. The fourth-order valence-electron chi connectivity index (χ4n) is 4.11. The van der Waals surface area contributed by atoms with Gasteiger partial charge in [0.1, 0.15) is 11.6 Å². The summed E-state index contributed by atoms with van der Waals surface area (Å²) in [4.78, 5) is 18.0. The number of fused-ring (bicyclic) bond motifs is 1. The highest BCUT2D eigenvalue weighted by atomic mass is 32.2. The number of benzene rings is 2. The molecule has 8 nitrogen and oxygen atoms in total. The number of piperidine rings is 1. The highest BCUT2D eigenvalue weighted by Crippen LogP contribution is 2.26. The number of para-hydroxylation sites is 1. The maximum atomic E-state index is 14.5. The maximum absolute atomic E-state index is 14.5. The molecule has 1 aliphatic heterocycles. The molecule has 2 aromatic carbocycles. The van der Waals surface area contributed by atoms with E-state index in [-0.39, 0.29) is 29.7 Å². The minimum atomic E-state index is -3.66. The summed E-state index contributed by atoms with van der Waals surface area (Å²) in [7, 11) is -2.14. The first-order valence-corrected chi connectivity index (χ1v) is 13.7. The van der Waals surface area contributed by atoms with Crippen molar-refractivity contribution in [1.29, 1.82) is 0 Å². The van der Waals surface area contributed by atoms with Gasteiger partial charge in [-0.2, -0.15) is 9.30 Å². The van der Waals surface area contributed by atoms with Crippen LogP contribution in [0.15, 0.2) is 52.4 Å². The van der Waals surface area contributed by atoms with E-state index in [4.69, 9.17) is 9.47 Å². The minimum Gasteiger partial charge on any atom is -0.497 e. The summed E-state index contributed by atoms with van der Waals surface area (Å²) in [5.41, 5.74) is 0.407. The fourth-order valence-corrected chi connectivity index (χ4v) is 6.65. The molecule has 188 valence electrons. The molecule has 1 amide bonds. The van der Waals surface area contributed by atoms with E-state index < -0.39 is 15.9 Å². The topological polar surface area (TPSA) is 90.2 Å². The molecule has 1 aliphatic rings. The highest BCUT2D eigenvalue weighted by molar-refractivity contribution is 7.89. The Morgan fingerprint density at radius 1 is 1.17 bits per heavy atom. The van der Waals surface area contributed by atoms with Crippen LogP contribution in [0.1, 0.15) is 19.8 Å². The summed E-state index contributed by atoms with van der Waals surface area (Å²) in [5, 5.41) is 0. The second kappa shape index (κ2) is 11.0. The van der Waals surface area contributed by atoms with Gasteiger partial charge in [-0.15, -0.1) is 0 Å². The van der Waals surface area contributed by atoms with Crippen LogP contribution in [0, 0.1) is 11.7 Å². The molecule has 11 heteroatoms. The van der Waals surface area contributed by atoms with Crippen LogP contribution in [0.25, 0.3) is 10.2 Å². The summed E-state index contributed by atoms with van der Waals surface area (Å²) < 4.78 is 54.8. The number of carbonyl (C=O) groups is 1. The predicted octanol–water partition coefficient (Wildman–Crippen LogP) is 3.42. The van der Waals surface area contributed by atoms with Crippen molar-refractivity contribution in [3.63, 3.8) is 0 Å². The molecular weight excluding hydrogens is 493 g/mol. The number of hydrogen-bond acceptors (Lipinski definition) is 6. The average molecular weight is 522 g/mol. The second-order valence-electron chi connectivity index (χ2n) is 8.12. The van der Waals surface area contributed by atoms with E-state index in [1.165, 1.54) is 41.0 Å². The van der Waals surface area contributed by atoms with Crippen molar-refractivity contribution < 1.29 is 27.1 Å². The quantitative estimate of drug-likeness (QED) is 0.424. The van der Waals surface area contributed by atoms with Gasteiger partial charge in [0.15, 0.2) is 4.80 Å². The van der Waals surface area contributed by atoms with Gasteiger partial charge in [-0.25, -0.2) is 12.8 Å². The number of nitrogens with zero attached hydrogens (tertiary/aromatic N) is 3. The number of methoxy groups -OCH3 is 1. The third-order valence-corrected chi connectivity index (χ3v) is 8.98. The first kappa shape index (κ1) is 25.5. The van der Waals surface area contributed by atoms with Crippen molar-refractivity contribution in [3.8, 4) is 5.75 Å². The van der Waals surface area contributed by atoms with E-state index in [2.05, 4.69) is 4.99 Å². The highest BCUT2D eigenvalue weighted by Gasteiger charge is 2.32. The molecule has 0 unspecified atom stereocenters. The van der Waals surface area contributed by atoms with E-state index in [0.29, 0.717) is 53.4 Å². The van der Waals surface area contributed by atoms with E-state index in [1.54, 1.807) is 28.8 Å². The number of sulfonamides is 1. The van der Waals surface area contributed by atoms with Crippen molar-refractivity contribution >= 4 is 37.5 Å². The molecule has 4 rings (SSSR count). The zero-order valence-corrected chi connectivity index (χ0v) is 21.3. The van der Waals surface area contributed by atoms with E-state index >= 15 is 0 Å². The molecule has 0 radical (unpaired) electrons. The lowest BCUT2D eigenvalue weighted by Gasteiger charge is -2.29. The van der Waals surface area contributed by atoms with Gasteiger partial charge in [0.25, 0.3) is 5.91 Å². The number of amides is 1. The van der Waals surface area contributed by atoms with Crippen LogP contribution in [0.2, 0.25) is 0 Å².